The van der Waals surface area contributed by atoms with E-state index in [1.807, 2.05) is 0 Å². The molecule has 0 bridgehead atoms. The lowest BCUT2D eigenvalue weighted by Gasteiger charge is -2.12. The van der Waals surface area contributed by atoms with Crippen molar-refractivity contribution in [1.29, 1.82) is 0 Å². The van der Waals surface area contributed by atoms with Crippen molar-refractivity contribution in [3.8, 4) is 0 Å². The third-order valence-corrected chi connectivity index (χ3v) is 8.77. The minimum atomic E-state index is 1.26. The van der Waals surface area contributed by atoms with Gasteiger partial charge in [-0.25, -0.2) is 0 Å². The number of thioether (sulfide) groups is 2. The zero-order valence-corrected chi connectivity index (χ0v) is 23.5. The van der Waals surface area contributed by atoms with Crippen molar-refractivity contribution in [2.24, 2.45) is 0 Å². The van der Waals surface area contributed by atoms with E-state index in [-0.39, 0.29) is 0 Å². The topological polar surface area (TPSA) is 0 Å². The number of hydrogen-bond acceptors (Lipinski definition) is 2. The Labute approximate surface area is 210 Å². The maximum atomic E-state index is 2.54. The van der Waals surface area contributed by atoms with Crippen LogP contribution in [0.3, 0.4) is 0 Å². The molecule has 0 radical (unpaired) electrons. The third kappa shape index (κ3) is 16.5. The fraction of sp³-hybridized carbons (Fsp3) is 0.800. The molecule has 0 N–H and O–H groups in total. The van der Waals surface area contributed by atoms with Gasteiger partial charge >= 0.3 is 0 Å². The van der Waals surface area contributed by atoms with E-state index >= 15 is 0 Å². The van der Waals surface area contributed by atoms with Crippen molar-refractivity contribution < 1.29 is 0 Å². The Morgan fingerprint density at radius 3 is 1.44 bits per heavy atom. The Kier molecular flexibility index (Phi) is 21.2. The average molecular weight is 479 g/mol. The Morgan fingerprint density at radius 2 is 0.906 bits per heavy atom. The van der Waals surface area contributed by atoms with Crippen molar-refractivity contribution in [2.75, 3.05) is 11.5 Å². The summed E-state index contributed by atoms with van der Waals surface area (Å²) in [6.07, 6.45) is 26.4. The number of rotatable bonds is 23. The summed E-state index contributed by atoms with van der Waals surface area (Å²) in [4.78, 5) is 3.11. The van der Waals surface area contributed by atoms with Gasteiger partial charge in [0, 0.05) is 9.79 Å². The summed E-state index contributed by atoms with van der Waals surface area (Å²) in [6, 6.07) is 7.40. The van der Waals surface area contributed by atoms with Crippen LogP contribution in [0.15, 0.2) is 28.0 Å². The highest BCUT2D eigenvalue weighted by atomic mass is 32.2. The Balaban J connectivity index is 2.45. The quantitative estimate of drug-likeness (QED) is 0.113. The molecule has 0 saturated carbocycles. The van der Waals surface area contributed by atoms with Gasteiger partial charge in [0.05, 0.1) is 0 Å². The Hall–Kier alpha value is -0.0800. The molecule has 0 aromatic heterocycles. The van der Waals surface area contributed by atoms with E-state index in [1.165, 1.54) is 134 Å². The maximum Gasteiger partial charge on any atom is 0.0211 e. The zero-order valence-electron chi connectivity index (χ0n) is 21.9. The molecule has 0 aliphatic heterocycles. The van der Waals surface area contributed by atoms with Crippen molar-refractivity contribution in [2.45, 2.75) is 153 Å². The Morgan fingerprint density at radius 1 is 0.469 bits per heavy atom. The molecule has 0 aliphatic rings. The fourth-order valence-corrected chi connectivity index (χ4v) is 6.48. The van der Waals surface area contributed by atoms with Crippen molar-refractivity contribution >= 4 is 23.5 Å². The first-order valence-electron chi connectivity index (χ1n) is 14.2. The van der Waals surface area contributed by atoms with Gasteiger partial charge in [0.2, 0.25) is 0 Å². The molecule has 0 fully saturated rings. The van der Waals surface area contributed by atoms with Gasteiger partial charge in [-0.1, -0.05) is 123 Å². The van der Waals surface area contributed by atoms with Crippen LogP contribution in [-0.2, 0) is 6.42 Å². The van der Waals surface area contributed by atoms with Gasteiger partial charge in [0.25, 0.3) is 0 Å². The standard InChI is InChI=1S/C30H54S2/c1-4-7-10-13-16-19-22-28-23-24-29(31-25-20-17-14-11-8-5-2)30(27-28)32-26-21-18-15-12-9-6-3/h23-24,27H,4-22,25-26H2,1-3H3. The van der Waals surface area contributed by atoms with Crippen molar-refractivity contribution in [1.82, 2.24) is 0 Å². The summed E-state index contributed by atoms with van der Waals surface area (Å²) in [5.41, 5.74) is 1.56. The Bertz CT molecular complexity index is 526. The molecule has 1 rings (SSSR count). The molecule has 0 atom stereocenters. The highest BCUT2D eigenvalue weighted by Gasteiger charge is 2.07. The van der Waals surface area contributed by atoms with Gasteiger partial charge in [0.15, 0.2) is 0 Å². The first-order chi connectivity index (χ1) is 15.8. The van der Waals surface area contributed by atoms with E-state index in [9.17, 15) is 0 Å². The molecule has 2 heteroatoms. The normalized spacial score (nSPS) is 11.3. The first kappa shape index (κ1) is 30.0. The van der Waals surface area contributed by atoms with E-state index in [2.05, 4.69) is 62.5 Å². The average Bonchev–Trinajstić information content (AvgIpc) is 2.81. The summed E-state index contributed by atoms with van der Waals surface area (Å²) in [6.45, 7) is 6.91. The predicted molar refractivity (Wildman–Crippen MR) is 152 cm³/mol. The zero-order chi connectivity index (χ0) is 23.1. The molecule has 0 amide bonds. The van der Waals surface area contributed by atoms with Gasteiger partial charge in [-0.15, -0.1) is 23.5 Å². The molecule has 186 valence electrons. The largest absolute Gasteiger partial charge is 0.125 e. The number of hydrogen-bond donors (Lipinski definition) is 0. The van der Waals surface area contributed by atoms with Crippen LogP contribution >= 0.6 is 23.5 Å². The second-order valence-electron chi connectivity index (χ2n) is 9.53. The predicted octanol–water partition coefficient (Wildman–Crippen LogP) is 11.5. The van der Waals surface area contributed by atoms with Crippen LogP contribution in [0.25, 0.3) is 0 Å². The van der Waals surface area contributed by atoms with E-state index < -0.39 is 0 Å². The van der Waals surface area contributed by atoms with Crippen molar-refractivity contribution in [3.05, 3.63) is 23.8 Å². The lowest BCUT2D eigenvalue weighted by Crippen LogP contribution is -1.91. The van der Waals surface area contributed by atoms with Crippen LogP contribution in [0, 0.1) is 0 Å². The molecule has 0 unspecified atom stereocenters. The second kappa shape index (κ2) is 22.7. The van der Waals surface area contributed by atoms with Crippen LogP contribution < -0.4 is 0 Å². The minimum Gasteiger partial charge on any atom is -0.125 e. The van der Waals surface area contributed by atoms with Crippen LogP contribution in [-0.4, -0.2) is 11.5 Å². The van der Waals surface area contributed by atoms with Gasteiger partial charge in [0.1, 0.15) is 0 Å². The van der Waals surface area contributed by atoms with Gasteiger partial charge in [-0.3, -0.25) is 0 Å². The van der Waals surface area contributed by atoms with E-state index in [4.69, 9.17) is 0 Å². The first-order valence-corrected chi connectivity index (χ1v) is 16.2. The van der Waals surface area contributed by atoms with Crippen molar-refractivity contribution in [3.63, 3.8) is 0 Å². The van der Waals surface area contributed by atoms with Gasteiger partial charge < -0.3 is 0 Å². The molecule has 32 heavy (non-hydrogen) atoms. The summed E-state index contributed by atoms with van der Waals surface area (Å²) < 4.78 is 0. The summed E-state index contributed by atoms with van der Waals surface area (Å²) in [5.74, 6) is 2.57. The maximum absolute atomic E-state index is 2.54. The summed E-state index contributed by atoms with van der Waals surface area (Å²) in [5, 5.41) is 0. The fourth-order valence-electron chi connectivity index (χ4n) is 4.18. The van der Waals surface area contributed by atoms with Crippen LogP contribution in [0.5, 0.6) is 0 Å². The van der Waals surface area contributed by atoms with Crippen LogP contribution in [0.2, 0.25) is 0 Å². The van der Waals surface area contributed by atoms with Crippen LogP contribution in [0.1, 0.15) is 142 Å². The van der Waals surface area contributed by atoms with E-state index in [0.29, 0.717) is 0 Å². The SMILES string of the molecule is CCCCCCCCSc1ccc(CCCCCCCC)cc1SCCCCCCCC. The molecular formula is C30H54S2. The van der Waals surface area contributed by atoms with E-state index in [1.54, 1.807) is 15.4 Å². The monoisotopic (exact) mass is 478 g/mol. The summed E-state index contributed by atoms with van der Waals surface area (Å²) >= 11 is 4.24. The lowest BCUT2D eigenvalue weighted by atomic mass is 10.1. The summed E-state index contributed by atoms with van der Waals surface area (Å²) in [7, 11) is 0. The minimum absolute atomic E-state index is 1.26. The number of unbranched alkanes of at least 4 members (excludes halogenated alkanes) is 15. The molecule has 0 saturated heterocycles. The molecule has 0 nitrogen and oxygen atoms in total. The lowest BCUT2D eigenvalue weighted by molar-refractivity contribution is 0.607. The molecule has 1 aromatic carbocycles. The highest BCUT2D eigenvalue weighted by molar-refractivity contribution is 8.02. The molecule has 0 aliphatic carbocycles. The molecule has 0 spiro atoms. The van der Waals surface area contributed by atoms with Gasteiger partial charge in [-0.2, -0.15) is 0 Å². The molecular weight excluding hydrogens is 424 g/mol. The third-order valence-electron chi connectivity index (χ3n) is 6.34. The molecule has 0 heterocycles. The number of benzene rings is 1. The van der Waals surface area contributed by atoms with E-state index in [0.717, 1.165) is 0 Å². The molecule has 1 aromatic rings. The van der Waals surface area contributed by atoms with Gasteiger partial charge in [-0.05, 0) is 54.9 Å². The van der Waals surface area contributed by atoms with Crippen LogP contribution in [0.4, 0.5) is 0 Å². The number of aryl methyl sites for hydroxylation is 1. The highest BCUT2D eigenvalue weighted by Crippen LogP contribution is 2.33. The smallest absolute Gasteiger partial charge is 0.0211 e. The second-order valence-corrected chi connectivity index (χ2v) is 11.8.